The summed E-state index contributed by atoms with van der Waals surface area (Å²) < 4.78 is 2.14. The Morgan fingerprint density at radius 2 is 1.87 bits per heavy atom. The quantitative estimate of drug-likeness (QED) is 0.506. The number of nitrogens with zero attached hydrogens (tertiary/aromatic N) is 4. The zero-order valence-electron chi connectivity index (χ0n) is 17.9. The Bertz CT molecular complexity index is 982. The molecule has 2 aliphatic rings. The highest BCUT2D eigenvalue weighted by atomic mass is 32.2. The molecular weight excluding hydrogens is 416 g/mol. The summed E-state index contributed by atoms with van der Waals surface area (Å²) in [5, 5.41) is 9.59. The van der Waals surface area contributed by atoms with Gasteiger partial charge in [0.2, 0.25) is 0 Å². The van der Waals surface area contributed by atoms with Crippen molar-refractivity contribution in [2.75, 3.05) is 24.5 Å². The molecular formula is C22H28N4O2S2. The lowest BCUT2D eigenvalue weighted by Crippen LogP contribution is -2.34. The molecule has 3 heterocycles. The van der Waals surface area contributed by atoms with Crippen molar-refractivity contribution >= 4 is 46.1 Å². The minimum absolute atomic E-state index is 0.0907. The summed E-state index contributed by atoms with van der Waals surface area (Å²) >= 11 is 6.74. The maximum absolute atomic E-state index is 13.0. The number of aromatic nitrogens is 1. The maximum Gasteiger partial charge on any atom is 0.270 e. The molecule has 3 rings (SSSR count). The van der Waals surface area contributed by atoms with E-state index in [1.165, 1.54) is 24.6 Å². The van der Waals surface area contributed by atoms with Gasteiger partial charge in [-0.1, -0.05) is 50.2 Å². The van der Waals surface area contributed by atoms with Gasteiger partial charge < -0.3 is 4.90 Å². The third kappa shape index (κ3) is 4.33. The molecule has 0 radical (unpaired) electrons. The van der Waals surface area contributed by atoms with E-state index in [1.807, 2.05) is 6.08 Å². The van der Waals surface area contributed by atoms with Gasteiger partial charge in [0.05, 0.1) is 4.91 Å². The molecule has 0 aromatic carbocycles. The normalized spacial score (nSPS) is 18.8. The smallest absolute Gasteiger partial charge is 0.270 e. The van der Waals surface area contributed by atoms with Crippen molar-refractivity contribution < 1.29 is 4.79 Å². The summed E-state index contributed by atoms with van der Waals surface area (Å²) in [6, 6.07) is 2.06. The van der Waals surface area contributed by atoms with Crippen LogP contribution >= 0.6 is 24.0 Å². The van der Waals surface area contributed by atoms with Crippen LogP contribution < -0.4 is 10.5 Å². The van der Waals surface area contributed by atoms with Crippen molar-refractivity contribution in [3.63, 3.8) is 0 Å². The average molecular weight is 445 g/mol. The van der Waals surface area contributed by atoms with E-state index in [4.69, 9.17) is 12.2 Å². The predicted octanol–water partition coefficient (Wildman–Crippen LogP) is 3.95. The number of thiocarbonyl (C=S) groups is 1. The zero-order valence-corrected chi connectivity index (χ0v) is 19.5. The second kappa shape index (κ2) is 9.80. The Balaban J connectivity index is 2.13. The summed E-state index contributed by atoms with van der Waals surface area (Å²) in [5.74, 6) is 0.698. The fraction of sp³-hybridized carbons (Fsp3) is 0.545. The van der Waals surface area contributed by atoms with Crippen molar-refractivity contribution in [1.29, 1.82) is 5.26 Å². The second-order valence-corrected chi connectivity index (χ2v) is 9.48. The number of pyridine rings is 1. The number of carbonyl (C=O) groups is 1. The lowest BCUT2D eigenvalue weighted by Gasteiger charge is -2.28. The van der Waals surface area contributed by atoms with Crippen molar-refractivity contribution in [3.05, 3.63) is 31.9 Å². The van der Waals surface area contributed by atoms with E-state index in [0.717, 1.165) is 50.2 Å². The number of nitriles is 1. The molecule has 160 valence electrons. The molecule has 0 unspecified atom stereocenters. The monoisotopic (exact) mass is 444 g/mol. The van der Waals surface area contributed by atoms with Gasteiger partial charge in [-0.25, -0.2) is 0 Å². The van der Waals surface area contributed by atoms with Gasteiger partial charge in [-0.3, -0.25) is 19.1 Å². The van der Waals surface area contributed by atoms with E-state index < -0.39 is 0 Å². The molecule has 0 aliphatic carbocycles. The Kier molecular flexibility index (Phi) is 7.37. The highest BCUT2D eigenvalue weighted by molar-refractivity contribution is 8.26. The van der Waals surface area contributed by atoms with Crippen LogP contribution in [0.5, 0.6) is 0 Å². The van der Waals surface area contributed by atoms with Crippen LogP contribution in [0.1, 0.15) is 62.1 Å². The Hall–Kier alpha value is -2.11. The van der Waals surface area contributed by atoms with E-state index in [-0.39, 0.29) is 17.0 Å². The van der Waals surface area contributed by atoms with Crippen molar-refractivity contribution in [2.45, 2.75) is 52.4 Å². The van der Waals surface area contributed by atoms with Crippen LogP contribution in [-0.2, 0) is 11.8 Å². The predicted molar refractivity (Wildman–Crippen MR) is 127 cm³/mol. The average Bonchev–Trinajstić information content (AvgIpc) is 2.90. The summed E-state index contributed by atoms with van der Waals surface area (Å²) in [6.07, 6.45) is 8.19. The molecule has 0 saturated carbocycles. The lowest BCUT2D eigenvalue weighted by molar-refractivity contribution is -0.122. The number of anilines is 1. The van der Waals surface area contributed by atoms with Crippen LogP contribution in [0.25, 0.3) is 6.08 Å². The topological polar surface area (TPSA) is 69.3 Å². The molecule has 1 aromatic heterocycles. The Labute approximate surface area is 187 Å². The van der Waals surface area contributed by atoms with Crippen molar-refractivity contribution in [1.82, 2.24) is 9.47 Å². The third-order valence-electron chi connectivity index (χ3n) is 5.76. The minimum Gasteiger partial charge on any atom is -0.357 e. The van der Waals surface area contributed by atoms with E-state index >= 15 is 0 Å². The van der Waals surface area contributed by atoms with Crippen LogP contribution in [-0.4, -0.2) is 39.3 Å². The van der Waals surface area contributed by atoms with Gasteiger partial charge in [0, 0.05) is 32.2 Å². The number of unbranched alkanes of at least 4 members (excludes halogenated alkanes) is 1. The van der Waals surface area contributed by atoms with Gasteiger partial charge in [0.25, 0.3) is 11.5 Å². The Morgan fingerprint density at radius 3 is 2.47 bits per heavy atom. The molecule has 2 fully saturated rings. The molecule has 0 N–H and O–H groups in total. The first-order valence-corrected chi connectivity index (χ1v) is 11.8. The van der Waals surface area contributed by atoms with Gasteiger partial charge in [0.1, 0.15) is 21.8 Å². The van der Waals surface area contributed by atoms with Crippen LogP contribution in [0.4, 0.5) is 5.82 Å². The Morgan fingerprint density at radius 1 is 1.20 bits per heavy atom. The molecule has 0 spiro atoms. The van der Waals surface area contributed by atoms with E-state index in [2.05, 4.69) is 17.9 Å². The van der Waals surface area contributed by atoms with E-state index in [9.17, 15) is 14.9 Å². The summed E-state index contributed by atoms with van der Waals surface area (Å²) in [5.41, 5.74) is 1.23. The highest BCUT2D eigenvalue weighted by Crippen LogP contribution is 2.36. The van der Waals surface area contributed by atoms with E-state index in [0.29, 0.717) is 21.3 Å². The number of hydrogen-bond donors (Lipinski definition) is 0. The highest BCUT2D eigenvalue weighted by Gasteiger charge is 2.32. The molecule has 6 nitrogen and oxygen atoms in total. The number of thioether (sulfide) groups is 1. The number of hydrogen-bond acceptors (Lipinski definition) is 6. The van der Waals surface area contributed by atoms with Gasteiger partial charge in [-0.05, 0) is 37.8 Å². The maximum atomic E-state index is 13.0. The number of carbonyl (C=O) groups excluding carboxylic acids is 1. The molecule has 30 heavy (non-hydrogen) atoms. The van der Waals surface area contributed by atoms with Crippen LogP contribution in [0.2, 0.25) is 0 Å². The van der Waals surface area contributed by atoms with Crippen LogP contribution in [0.15, 0.2) is 9.70 Å². The van der Waals surface area contributed by atoms with Gasteiger partial charge in [0.15, 0.2) is 0 Å². The molecule has 0 bridgehead atoms. The van der Waals surface area contributed by atoms with Crippen molar-refractivity contribution in [3.8, 4) is 6.07 Å². The largest absolute Gasteiger partial charge is 0.357 e. The summed E-state index contributed by atoms with van der Waals surface area (Å²) in [6.45, 7) is 6.21. The van der Waals surface area contributed by atoms with Crippen LogP contribution in [0, 0.1) is 18.3 Å². The molecule has 1 amide bonds. The number of amides is 1. The summed E-state index contributed by atoms with van der Waals surface area (Å²) in [4.78, 5) is 30.3. The van der Waals surface area contributed by atoms with Gasteiger partial charge in [-0.15, -0.1) is 0 Å². The minimum atomic E-state index is -0.290. The third-order valence-corrected chi connectivity index (χ3v) is 7.14. The SMILES string of the molecule is CCCCN1C(=O)/C(=C/c2c(C)c(C#N)c(=O)n(C)c2N2CCCCCC2)SC1=S. The van der Waals surface area contributed by atoms with Crippen LogP contribution in [0.3, 0.4) is 0 Å². The first-order valence-electron chi connectivity index (χ1n) is 10.5. The first kappa shape index (κ1) is 22.6. The van der Waals surface area contributed by atoms with Gasteiger partial charge >= 0.3 is 0 Å². The standard InChI is InChI=1S/C22H28N4O2S2/c1-4-5-12-26-21(28)18(30-22(26)29)13-16-15(2)17(14-23)20(27)24(3)19(16)25-10-8-6-7-9-11-25/h13H,4-12H2,1-3H3/b18-13-. The molecule has 2 aliphatic heterocycles. The summed E-state index contributed by atoms with van der Waals surface area (Å²) in [7, 11) is 1.71. The number of rotatable bonds is 5. The molecule has 1 aromatic rings. The lowest BCUT2D eigenvalue weighted by atomic mass is 10.0. The van der Waals surface area contributed by atoms with Gasteiger partial charge in [-0.2, -0.15) is 5.26 Å². The molecule has 8 heteroatoms. The zero-order chi connectivity index (χ0) is 21.8. The van der Waals surface area contributed by atoms with Crippen molar-refractivity contribution in [2.24, 2.45) is 7.05 Å². The molecule has 2 saturated heterocycles. The first-order chi connectivity index (χ1) is 14.4. The molecule has 0 atom stereocenters. The fourth-order valence-electron chi connectivity index (χ4n) is 4.02. The van der Waals surface area contributed by atoms with E-state index in [1.54, 1.807) is 23.4 Å². The fourth-order valence-corrected chi connectivity index (χ4v) is 5.31. The second-order valence-electron chi connectivity index (χ2n) is 7.80.